The van der Waals surface area contributed by atoms with Crippen molar-refractivity contribution in [1.29, 1.82) is 0 Å². The molecular weight excluding hydrogens is 231 g/mol. The number of halogens is 1. The van der Waals surface area contributed by atoms with Crippen LogP contribution >= 0.6 is 0 Å². The van der Waals surface area contributed by atoms with E-state index in [0.717, 1.165) is 11.1 Å². The van der Waals surface area contributed by atoms with Crippen LogP contribution in [0.15, 0.2) is 42.5 Å². The average Bonchev–Trinajstić information content (AvgIpc) is 2.40. The Morgan fingerprint density at radius 1 is 1.06 bits per heavy atom. The van der Waals surface area contributed by atoms with Gasteiger partial charge in [0.1, 0.15) is 6.61 Å². The number of hydrogen-bond acceptors (Lipinski definition) is 2. The summed E-state index contributed by atoms with van der Waals surface area (Å²) in [6, 6.07) is 13.0. The number of ether oxygens (including phenoxy) is 2. The largest absolute Gasteiger partial charge is 0.494 e. The summed E-state index contributed by atoms with van der Waals surface area (Å²) in [6.45, 7) is 2.21. The molecule has 0 aliphatic carbocycles. The van der Waals surface area contributed by atoms with Gasteiger partial charge in [0.15, 0.2) is 11.5 Å². The van der Waals surface area contributed by atoms with Crippen molar-refractivity contribution in [1.82, 2.24) is 0 Å². The number of benzene rings is 2. The first-order chi connectivity index (χ1) is 8.70. The fourth-order valence-corrected chi connectivity index (χ4v) is 1.69. The van der Waals surface area contributed by atoms with Gasteiger partial charge in [-0.3, -0.25) is 0 Å². The molecule has 0 spiro atoms. The van der Waals surface area contributed by atoms with E-state index in [-0.39, 0.29) is 11.5 Å². The molecule has 0 aliphatic rings. The van der Waals surface area contributed by atoms with Gasteiger partial charge in [0, 0.05) is 0 Å². The maximum absolute atomic E-state index is 13.9. The highest BCUT2D eigenvalue weighted by Crippen LogP contribution is 2.28. The molecule has 0 aliphatic heterocycles. The van der Waals surface area contributed by atoms with E-state index in [0.29, 0.717) is 6.61 Å². The highest BCUT2D eigenvalue weighted by atomic mass is 19.1. The lowest BCUT2D eigenvalue weighted by Crippen LogP contribution is -1.99. The molecule has 0 amide bonds. The molecule has 0 saturated carbocycles. The monoisotopic (exact) mass is 246 g/mol. The van der Waals surface area contributed by atoms with E-state index < -0.39 is 5.82 Å². The van der Waals surface area contributed by atoms with Gasteiger partial charge in [-0.25, -0.2) is 0 Å². The van der Waals surface area contributed by atoms with Crippen LogP contribution in [0.25, 0.3) is 0 Å². The molecule has 3 heteroatoms. The highest BCUT2D eigenvalue weighted by molar-refractivity contribution is 5.40. The maximum atomic E-state index is 13.9. The molecule has 0 unspecified atom stereocenters. The molecule has 0 bridgehead atoms. The lowest BCUT2D eigenvalue weighted by Gasteiger charge is -2.11. The first kappa shape index (κ1) is 12.4. The molecule has 94 valence electrons. The number of aryl methyl sites for hydroxylation is 1. The van der Waals surface area contributed by atoms with E-state index in [1.165, 1.54) is 7.11 Å². The SMILES string of the molecule is COc1cc(C)cc(OCc2ccccc2)c1F. The van der Waals surface area contributed by atoms with Crippen LogP contribution in [0.2, 0.25) is 0 Å². The van der Waals surface area contributed by atoms with Gasteiger partial charge in [0.2, 0.25) is 5.82 Å². The van der Waals surface area contributed by atoms with E-state index in [4.69, 9.17) is 9.47 Å². The normalized spacial score (nSPS) is 10.2. The standard InChI is InChI=1S/C15H15FO2/c1-11-8-13(17-2)15(16)14(9-11)18-10-12-6-4-3-5-7-12/h3-9H,10H2,1-2H3. The predicted molar refractivity (Wildman–Crippen MR) is 68.5 cm³/mol. The molecule has 0 fully saturated rings. The van der Waals surface area contributed by atoms with Crippen molar-refractivity contribution < 1.29 is 13.9 Å². The third-order valence-corrected chi connectivity index (χ3v) is 2.61. The molecule has 0 heterocycles. The zero-order valence-electron chi connectivity index (χ0n) is 10.4. The molecule has 0 N–H and O–H groups in total. The quantitative estimate of drug-likeness (QED) is 0.818. The predicted octanol–water partition coefficient (Wildman–Crippen LogP) is 3.72. The van der Waals surface area contributed by atoms with Gasteiger partial charge in [0.25, 0.3) is 0 Å². The van der Waals surface area contributed by atoms with Gasteiger partial charge in [-0.2, -0.15) is 4.39 Å². The van der Waals surface area contributed by atoms with Crippen LogP contribution in [-0.2, 0) is 6.61 Å². The Hall–Kier alpha value is -2.03. The second-order valence-corrected chi connectivity index (χ2v) is 4.05. The van der Waals surface area contributed by atoms with Gasteiger partial charge >= 0.3 is 0 Å². The molecule has 0 aromatic heterocycles. The zero-order valence-corrected chi connectivity index (χ0v) is 10.4. The van der Waals surface area contributed by atoms with Gasteiger partial charge in [-0.1, -0.05) is 30.3 Å². The summed E-state index contributed by atoms with van der Waals surface area (Å²) in [4.78, 5) is 0. The van der Waals surface area contributed by atoms with E-state index in [1.54, 1.807) is 12.1 Å². The maximum Gasteiger partial charge on any atom is 0.206 e. The summed E-state index contributed by atoms with van der Waals surface area (Å²) in [5, 5.41) is 0. The fourth-order valence-electron chi connectivity index (χ4n) is 1.69. The van der Waals surface area contributed by atoms with Crippen molar-refractivity contribution in [2.45, 2.75) is 13.5 Å². The van der Waals surface area contributed by atoms with Crippen molar-refractivity contribution in [3.8, 4) is 11.5 Å². The van der Waals surface area contributed by atoms with Crippen molar-refractivity contribution >= 4 is 0 Å². The zero-order chi connectivity index (χ0) is 13.0. The summed E-state index contributed by atoms with van der Waals surface area (Å²) in [6.07, 6.45) is 0. The Bertz CT molecular complexity index is 524. The summed E-state index contributed by atoms with van der Waals surface area (Å²) in [5.41, 5.74) is 1.90. The molecule has 0 atom stereocenters. The van der Waals surface area contributed by atoms with Crippen LogP contribution < -0.4 is 9.47 Å². The van der Waals surface area contributed by atoms with E-state index in [2.05, 4.69) is 0 Å². The molecule has 2 rings (SSSR count). The summed E-state index contributed by atoms with van der Waals surface area (Å²) < 4.78 is 24.4. The second-order valence-electron chi connectivity index (χ2n) is 4.05. The van der Waals surface area contributed by atoms with Gasteiger partial charge in [-0.15, -0.1) is 0 Å². The molecule has 2 aromatic rings. The molecular formula is C15H15FO2. The summed E-state index contributed by atoms with van der Waals surface area (Å²) in [7, 11) is 1.44. The van der Waals surface area contributed by atoms with Gasteiger partial charge in [-0.05, 0) is 30.2 Å². The van der Waals surface area contributed by atoms with Crippen LogP contribution in [-0.4, -0.2) is 7.11 Å². The van der Waals surface area contributed by atoms with Crippen molar-refractivity contribution in [2.24, 2.45) is 0 Å². The Morgan fingerprint density at radius 2 is 1.72 bits per heavy atom. The van der Waals surface area contributed by atoms with Crippen LogP contribution in [0.5, 0.6) is 11.5 Å². The van der Waals surface area contributed by atoms with Crippen LogP contribution in [0.1, 0.15) is 11.1 Å². The number of hydrogen-bond donors (Lipinski definition) is 0. The second kappa shape index (κ2) is 5.54. The Morgan fingerprint density at radius 3 is 2.39 bits per heavy atom. The highest BCUT2D eigenvalue weighted by Gasteiger charge is 2.11. The first-order valence-electron chi connectivity index (χ1n) is 5.71. The van der Waals surface area contributed by atoms with Crippen LogP contribution in [0.4, 0.5) is 4.39 Å². The number of rotatable bonds is 4. The minimum absolute atomic E-state index is 0.207. The molecule has 0 radical (unpaired) electrons. The van der Waals surface area contributed by atoms with Gasteiger partial charge in [0.05, 0.1) is 7.11 Å². The molecule has 2 aromatic carbocycles. The van der Waals surface area contributed by atoms with Crippen molar-refractivity contribution in [2.75, 3.05) is 7.11 Å². The lowest BCUT2D eigenvalue weighted by atomic mass is 10.2. The smallest absolute Gasteiger partial charge is 0.206 e. The molecule has 2 nitrogen and oxygen atoms in total. The third-order valence-electron chi connectivity index (χ3n) is 2.61. The van der Waals surface area contributed by atoms with Crippen LogP contribution in [0.3, 0.4) is 0 Å². The molecule has 18 heavy (non-hydrogen) atoms. The van der Waals surface area contributed by atoms with E-state index in [1.807, 2.05) is 37.3 Å². The minimum atomic E-state index is -0.459. The first-order valence-corrected chi connectivity index (χ1v) is 5.71. The van der Waals surface area contributed by atoms with E-state index >= 15 is 0 Å². The average molecular weight is 246 g/mol. The third kappa shape index (κ3) is 2.80. The van der Waals surface area contributed by atoms with Crippen molar-refractivity contribution in [3.63, 3.8) is 0 Å². The topological polar surface area (TPSA) is 18.5 Å². The summed E-state index contributed by atoms with van der Waals surface area (Å²) >= 11 is 0. The number of methoxy groups -OCH3 is 1. The van der Waals surface area contributed by atoms with Crippen LogP contribution in [0, 0.1) is 12.7 Å². The van der Waals surface area contributed by atoms with Gasteiger partial charge < -0.3 is 9.47 Å². The minimum Gasteiger partial charge on any atom is -0.494 e. The molecule has 0 saturated heterocycles. The fraction of sp³-hybridized carbons (Fsp3) is 0.200. The Kier molecular flexibility index (Phi) is 3.82. The Labute approximate surface area is 106 Å². The lowest BCUT2D eigenvalue weighted by molar-refractivity contribution is 0.282. The summed E-state index contributed by atoms with van der Waals surface area (Å²) in [5.74, 6) is -0.0344. The van der Waals surface area contributed by atoms with E-state index in [9.17, 15) is 4.39 Å². The Balaban J connectivity index is 2.17. The van der Waals surface area contributed by atoms with Crippen molar-refractivity contribution in [3.05, 3.63) is 59.4 Å².